The molecule has 1 aliphatic carbocycles. The van der Waals surface area contributed by atoms with Crippen molar-refractivity contribution in [1.29, 1.82) is 5.26 Å². The molecule has 1 atom stereocenters. The SMILES string of the molecule is CC1CCc2c(sc(NC(=O)CSC(F)(F)F)c2C#N)C1. The number of hydrogen-bond acceptors (Lipinski definition) is 4. The van der Waals surface area contributed by atoms with Gasteiger partial charge in [-0.25, -0.2) is 0 Å². The van der Waals surface area contributed by atoms with Crippen molar-refractivity contribution in [2.75, 3.05) is 11.1 Å². The minimum atomic E-state index is -4.43. The number of nitrogens with one attached hydrogen (secondary N) is 1. The van der Waals surface area contributed by atoms with Gasteiger partial charge in [0.25, 0.3) is 0 Å². The van der Waals surface area contributed by atoms with E-state index in [2.05, 4.69) is 18.3 Å². The van der Waals surface area contributed by atoms with Crippen molar-refractivity contribution in [2.24, 2.45) is 5.92 Å². The molecule has 0 radical (unpaired) electrons. The molecule has 0 saturated carbocycles. The van der Waals surface area contributed by atoms with Crippen LogP contribution in [0.1, 0.15) is 29.3 Å². The van der Waals surface area contributed by atoms with Crippen molar-refractivity contribution in [3.63, 3.8) is 0 Å². The fourth-order valence-corrected chi connectivity index (χ4v) is 4.01. The number of rotatable bonds is 3. The minimum absolute atomic E-state index is 0.379. The first-order valence-electron chi connectivity index (χ1n) is 6.35. The first-order chi connectivity index (χ1) is 9.80. The molecule has 1 N–H and O–H groups in total. The second-order valence-corrected chi connectivity index (χ2v) is 7.10. The Kier molecular flexibility index (Phi) is 4.84. The normalized spacial score (nSPS) is 18.0. The van der Waals surface area contributed by atoms with E-state index in [0.717, 1.165) is 29.7 Å². The Hall–Kier alpha value is -1.20. The van der Waals surface area contributed by atoms with E-state index < -0.39 is 17.2 Å². The number of alkyl halides is 3. The topological polar surface area (TPSA) is 52.9 Å². The summed E-state index contributed by atoms with van der Waals surface area (Å²) in [5.41, 5.74) is -3.08. The summed E-state index contributed by atoms with van der Waals surface area (Å²) in [6.07, 6.45) is 2.61. The van der Waals surface area contributed by atoms with Gasteiger partial charge in [0.1, 0.15) is 11.1 Å². The highest BCUT2D eigenvalue weighted by molar-refractivity contribution is 8.00. The molecule has 0 aliphatic heterocycles. The second kappa shape index (κ2) is 6.28. The summed E-state index contributed by atoms with van der Waals surface area (Å²) >= 11 is 0.926. The molecule has 1 aromatic rings. The zero-order valence-corrected chi connectivity index (χ0v) is 12.8. The fourth-order valence-electron chi connectivity index (χ4n) is 2.27. The van der Waals surface area contributed by atoms with Gasteiger partial charge >= 0.3 is 5.51 Å². The van der Waals surface area contributed by atoms with Crippen molar-refractivity contribution in [2.45, 2.75) is 31.7 Å². The number of carbonyl (C=O) groups is 1. The number of nitriles is 1. The quantitative estimate of drug-likeness (QED) is 0.911. The van der Waals surface area contributed by atoms with Crippen LogP contribution in [0, 0.1) is 17.2 Å². The highest BCUT2D eigenvalue weighted by Crippen LogP contribution is 2.39. The Morgan fingerprint density at radius 3 is 2.90 bits per heavy atom. The van der Waals surface area contributed by atoms with Gasteiger partial charge in [0, 0.05) is 4.88 Å². The van der Waals surface area contributed by atoms with Crippen LogP contribution in [0.2, 0.25) is 0 Å². The summed E-state index contributed by atoms with van der Waals surface area (Å²) in [6, 6.07) is 2.06. The van der Waals surface area contributed by atoms with E-state index in [-0.39, 0.29) is 11.8 Å². The maximum absolute atomic E-state index is 12.1. The van der Waals surface area contributed by atoms with Gasteiger partial charge < -0.3 is 5.32 Å². The van der Waals surface area contributed by atoms with Gasteiger partial charge in [-0.1, -0.05) is 6.92 Å². The van der Waals surface area contributed by atoms with E-state index in [9.17, 15) is 23.2 Å². The second-order valence-electron chi connectivity index (χ2n) is 4.95. The van der Waals surface area contributed by atoms with E-state index in [4.69, 9.17) is 0 Å². The maximum atomic E-state index is 12.1. The summed E-state index contributed by atoms with van der Waals surface area (Å²) in [6.45, 7) is 2.12. The molecule has 114 valence electrons. The van der Waals surface area contributed by atoms with Gasteiger partial charge in [0.15, 0.2) is 0 Å². The number of carbonyl (C=O) groups excluding carboxylic acids is 1. The van der Waals surface area contributed by atoms with Gasteiger partial charge in [-0.3, -0.25) is 4.79 Å². The van der Waals surface area contributed by atoms with E-state index in [1.54, 1.807) is 0 Å². The lowest BCUT2D eigenvalue weighted by Crippen LogP contribution is -2.17. The Morgan fingerprint density at radius 1 is 1.57 bits per heavy atom. The van der Waals surface area contributed by atoms with Crippen LogP contribution >= 0.6 is 23.1 Å². The molecule has 1 amide bonds. The van der Waals surface area contributed by atoms with Crippen LogP contribution < -0.4 is 5.32 Å². The summed E-state index contributed by atoms with van der Waals surface area (Å²) in [5.74, 6) is -0.916. The minimum Gasteiger partial charge on any atom is -0.316 e. The average Bonchev–Trinajstić information content (AvgIpc) is 2.71. The third-order valence-corrected chi connectivity index (χ3v) is 5.15. The number of halogens is 3. The van der Waals surface area contributed by atoms with Gasteiger partial charge in [0.05, 0.1) is 11.3 Å². The van der Waals surface area contributed by atoms with E-state index >= 15 is 0 Å². The molecule has 21 heavy (non-hydrogen) atoms. The summed E-state index contributed by atoms with van der Waals surface area (Å²) in [5, 5.41) is 12.0. The third kappa shape index (κ3) is 4.14. The number of anilines is 1. The lowest BCUT2D eigenvalue weighted by atomic mass is 9.89. The molecule has 0 bridgehead atoms. The average molecular weight is 334 g/mol. The monoisotopic (exact) mass is 334 g/mol. The van der Waals surface area contributed by atoms with Crippen LogP contribution in [0.15, 0.2) is 0 Å². The number of amides is 1. The molecule has 0 aromatic carbocycles. The van der Waals surface area contributed by atoms with E-state index in [1.807, 2.05) is 0 Å². The van der Waals surface area contributed by atoms with Crippen LogP contribution in [0.4, 0.5) is 18.2 Å². The van der Waals surface area contributed by atoms with Crippen molar-refractivity contribution < 1.29 is 18.0 Å². The molecule has 1 aromatic heterocycles. The molecule has 8 heteroatoms. The highest BCUT2D eigenvalue weighted by atomic mass is 32.2. The van der Waals surface area contributed by atoms with Crippen LogP contribution in [0.3, 0.4) is 0 Å². The van der Waals surface area contributed by atoms with E-state index in [0.29, 0.717) is 16.5 Å². The summed E-state index contributed by atoms with van der Waals surface area (Å²) < 4.78 is 36.2. The molecule has 0 spiro atoms. The smallest absolute Gasteiger partial charge is 0.316 e. The highest BCUT2D eigenvalue weighted by Gasteiger charge is 2.30. The molecule has 2 rings (SSSR count). The predicted molar refractivity (Wildman–Crippen MR) is 77.4 cm³/mol. The van der Waals surface area contributed by atoms with Gasteiger partial charge in [0.2, 0.25) is 5.91 Å². The van der Waals surface area contributed by atoms with Crippen molar-refractivity contribution >= 4 is 34.0 Å². The molecule has 1 aliphatic rings. The summed E-state index contributed by atoms with van der Waals surface area (Å²) in [7, 11) is 0. The zero-order chi connectivity index (χ0) is 15.6. The molecule has 0 fully saturated rings. The lowest BCUT2D eigenvalue weighted by molar-refractivity contribution is -0.114. The molecule has 1 heterocycles. The Labute approximate surface area is 128 Å². The number of hydrogen-bond donors (Lipinski definition) is 1. The number of thioether (sulfide) groups is 1. The lowest BCUT2D eigenvalue weighted by Gasteiger charge is -2.17. The van der Waals surface area contributed by atoms with Crippen molar-refractivity contribution in [3.05, 3.63) is 16.0 Å². The largest absolute Gasteiger partial charge is 0.442 e. The molecule has 0 saturated heterocycles. The van der Waals surface area contributed by atoms with Crippen LogP contribution in [0.5, 0.6) is 0 Å². The Bertz CT molecular complexity index is 589. The zero-order valence-electron chi connectivity index (χ0n) is 11.2. The van der Waals surface area contributed by atoms with Crippen LogP contribution in [0.25, 0.3) is 0 Å². The fraction of sp³-hybridized carbons (Fsp3) is 0.538. The van der Waals surface area contributed by atoms with Gasteiger partial charge in [-0.2, -0.15) is 18.4 Å². The first-order valence-corrected chi connectivity index (χ1v) is 8.15. The Morgan fingerprint density at radius 2 is 2.29 bits per heavy atom. The summed E-state index contributed by atoms with van der Waals surface area (Å²) in [4.78, 5) is 12.6. The Balaban J connectivity index is 2.10. The van der Waals surface area contributed by atoms with Crippen molar-refractivity contribution in [1.82, 2.24) is 0 Å². The molecule has 3 nitrogen and oxygen atoms in total. The van der Waals surface area contributed by atoms with Crippen LogP contribution in [-0.2, 0) is 17.6 Å². The van der Waals surface area contributed by atoms with Gasteiger partial charge in [-0.15, -0.1) is 11.3 Å². The third-order valence-electron chi connectivity index (χ3n) is 3.24. The van der Waals surface area contributed by atoms with E-state index in [1.165, 1.54) is 11.3 Å². The van der Waals surface area contributed by atoms with Gasteiger partial charge in [-0.05, 0) is 42.5 Å². The number of fused-ring (bicyclic) bond motifs is 1. The molecule has 1 unspecified atom stereocenters. The molecular weight excluding hydrogens is 321 g/mol. The standard InChI is InChI=1S/C13H13F3N2OS2/c1-7-2-3-8-9(5-17)12(21-10(8)4-7)18-11(19)6-20-13(14,15)16/h7H,2-4,6H2,1H3,(H,18,19). The number of nitrogens with zero attached hydrogens (tertiary/aromatic N) is 1. The number of thiophene rings is 1. The van der Waals surface area contributed by atoms with Crippen molar-refractivity contribution in [3.8, 4) is 6.07 Å². The predicted octanol–water partition coefficient (Wildman–Crippen LogP) is 3.94. The molecular formula is C13H13F3N2OS2. The first kappa shape index (κ1) is 16.2. The maximum Gasteiger partial charge on any atom is 0.442 e. The van der Waals surface area contributed by atoms with Crippen LogP contribution in [-0.4, -0.2) is 17.2 Å².